The van der Waals surface area contributed by atoms with Gasteiger partial charge in [-0.1, -0.05) is 24.3 Å². The summed E-state index contributed by atoms with van der Waals surface area (Å²) in [5, 5.41) is 11.6. The van der Waals surface area contributed by atoms with Gasteiger partial charge in [0.2, 0.25) is 0 Å². The molecule has 2 aromatic rings. The average Bonchev–Trinajstić information content (AvgIpc) is 2.70. The molecule has 0 unspecified atom stereocenters. The second kappa shape index (κ2) is 9.82. The molecule has 6 nitrogen and oxygen atoms in total. The fourth-order valence-corrected chi connectivity index (χ4v) is 2.77. The number of aliphatic carboxylic acids is 1. The lowest BCUT2D eigenvalue weighted by Crippen LogP contribution is -2.46. The van der Waals surface area contributed by atoms with Crippen LogP contribution in [-0.4, -0.2) is 35.8 Å². The summed E-state index contributed by atoms with van der Waals surface area (Å²) in [6.45, 7) is 2.99. The Balaban J connectivity index is 1.97. The highest BCUT2D eigenvalue weighted by Crippen LogP contribution is 2.29. The minimum atomic E-state index is -4.46. The van der Waals surface area contributed by atoms with Crippen molar-refractivity contribution >= 4 is 11.9 Å². The van der Waals surface area contributed by atoms with Gasteiger partial charge in [0.05, 0.1) is 5.56 Å². The minimum Gasteiger partial charge on any atom is -0.479 e. The van der Waals surface area contributed by atoms with Crippen molar-refractivity contribution < 1.29 is 37.3 Å². The van der Waals surface area contributed by atoms with Crippen LogP contribution >= 0.6 is 0 Å². The third-order valence-corrected chi connectivity index (χ3v) is 4.53. The number of benzene rings is 2. The van der Waals surface area contributed by atoms with Crippen LogP contribution in [0.5, 0.6) is 5.75 Å². The Morgan fingerprint density at radius 3 is 2.26 bits per heavy atom. The van der Waals surface area contributed by atoms with Crippen molar-refractivity contribution in [3.63, 3.8) is 0 Å². The number of ether oxygens (including phenoxy) is 2. The van der Waals surface area contributed by atoms with Crippen LogP contribution in [-0.2, 0) is 33.5 Å². The highest BCUT2D eigenvalue weighted by molar-refractivity contribution is 5.84. The molecule has 0 aliphatic rings. The Morgan fingerprint density at radius 1 is 1.06 bits per heavy atom. The van der Waals surface area contributed by atoms with Gasteiger partial charge in [-0.05, 0) is 49.2 Å². The van der Waals surface area contributed by atoms with Crippen molar-refractivity contribution in [1.82, 2.24) is 5.32 Å². The molecule has 31 heavy (non-hydrogen) atoms. The predicted octanol–water partition coefficient (Wildman–Crippen LogP) is 3.82. The number of methoxy groups -OCH3 is 1. The summed E-state index contributed by atoms with van der Waals surface area (Å²) >= 11 is 0. The highest BCUT2D eigenvalue weighted by Gasteiger charge is 2.31. The summed E-state index contributed by atoms with van der Waals surface area (Å²) in [6, 6.07) is 11.3. The first-order chi connectivity index (χ1) is 14.4. The molecule has 0 saturated carbocycles. The molecule has 0 aliphatic carbocycles. The maximum atomic E-state index is 12.8. The first-order valence-electron chi connectivity index (χ1n) is 9.40. The van der Waals surface area contributed by atoms with E-state index in [4.69, 9.17) is 14.6 Å². The third-order valence-electron chi connectivity index (χ3n) is 4.53. The third kappa shape index (κ3) is 6.99. The minimum absolute atomic E-state index is 0.0813. The largest absolute Gasteiger partial charge is 0.479 e. The van der Waals surface area contributed by atoms with Crippen molar-refractivity contribution in [2.45, 2.75) is 44.7 Å². The van der Waals surface area contributed by atoms with E-state index in [1.54, 1.807) is 24.3 Å². The summed E-state index contributed by atoms with van der Waals surface area (Å²) in [5.41, 5.74) is -1.05. The SMILES string of the molecule is CO[C@@H](Cc1ccc(OC(C)(C)C(=O)NCc2cccc(C(F)(F)F)c2)cc1)C(=O)O. The molecule has 2 rings (SSSR count). The van der Waals surface area contributed by atoms with Crippen LogP contribution in [0.4, 0.5) is 13.2 Å². The molecule has 0 saturated heterocycles. The first-order valence-corrected chi connectivity index (χ1v) is 9.40. The summed E-state index contributed by atoms with van der Waals surface area (Å²) in [5.74, 6) is -1.19. The van der Waals surface area contributed by atoms with Gasteiger partial charge in [0.1, 0.15) is 5.75 Å². The highest BCUT2D eigenvalue weighted by atomic mass is 19.4. The number of rotatable bonds is 9. The smallest absolute Gasteiger partial charge is 0.416 e. The number of halogens is 3. The van der Waals surface area contributed by atoms with Crippen LogP contribution in [0.25, 0.3) is 0 Å². The lowest BCUT2D eigenvalue weighted by molar-refractivity contribution is -0.148. The van der Waals surface area contributed by atoms with Crippen LogP contribution < -0.4 is 10.1 Å². The number of carbonyl (C=O) groups excluding carboxylic acids is 1. The monoisotopic (exact) mass is 439 g/mol. The van der Waals surface area contributed by atoms with E-state index in [-0.39, 0.29) is 13.0 Å². The number of alkyl halides is 3. The fraction of sp³-hybridized carbons (Fsp3) is 0.364. The van der Waals surface area contributed by atoms with E-state index in [0.29, 0.717) is 16.9 Å². The van der Waals surface area contributed by atoms with Gasteiger partial charge in [0.15, 0.2) is 11.7 Å². The van der Waals surface area contributed by atoms with Crippen molar-refractivity contribution in [1.29, 1.82) is 0 Å². The Kier molecular flexibility index (Phi) is 7.67. The Labute approximate surface area is 178 Å². The maximum absolute atomic E-state index is 12.8. The van der Waals surface area contributed by atoms with E-state index in [2.05, 4.69) is 5.32 Å². The summed E-state index contributed by atoms with van der Waals surface area (Å²) in [4.78, 5) is 23.6. The molecular weight excluding hydrogens is 415 g/mol. The lowest BCUT2D eigenvalue weighted by atomic mass is 10.1. The number of nitrogens with one attached hydrogen (secondary N) is 1. The zero-order valence-corrected chi connectivity index (χ0v) is 17.3. The van der Waals surface area contributed by atoms with Crippen molar-refractivity contribution in [3.05, 3.63) is 65.2 Å². The van der Waals surface area contributed by atoms with Crippen LogP contribution in [0, 0.1) is 0 Å². The first kappa shape index (κ1) is 24.2. The molecule has 0 radical (unpaired) electrons. The Bertz CT molecular complexity index is 910. The molecular formula is C22H24F3NO5. The van der Waals surface area contributed by atoms with Gasteiger partial charge in [-0.25, -0.2) is 4.79 Å². The molecule has 1 atom stereocenters. The summed E-state index contributed by atoms with van der Waals surface area (Å²) in [7, 11) is 1.32. The Morgan fingerprint density at radius 2 is 1.71 bits per heavy atom. The molecule has 0 spiro atoms. The van der Waals surface area contributed by atoms with Gasteiger partial charge >= 0.3 is 12.1 Å². The van der Waals surface area contributed by atoms with E-state index in [9.17, 15) is 22.8 Å². The van der Waals surface area contributed by atoms with E-state index in [1.165, 1.54) is 33.1 Å². The van der Waals surface area contributed by atoms with Gasteiger partial charge in [-0.15, -0.1) is 0 Å². The molecule has 2 aromatic carbocycles. The van der Waals surface area contributed by atoms with E-state index >= 15 is 0 Å². The molecule has 0 fully saturated rings. The van der Waals surface area contributed by atoms with Gasteiger partial charge in [-0.2, -0.15) is 13.2 Å². The van der Waals surface area contributed by atoms with Crippen LogP contribution in [0.3, 0.4) is 0 Å². The number of carbonyl (C=O) groups is 2. The number of hydrogen-bond acceptors (Lipinski definition) is 4. The molecule has 168 valence electrons. The molecule has 0 aliphatic heterocycles. The lowest BCUT2D eigenvalue weighted by Gasteiger charge is -2.25. The topological polar surface area (TPSA) is 84.9 Å². The van der Waals surface area contributed by atoms with E-state index < -0.39 is 35.3 Å². The molecule has 1 amide bonds. The second-order valence-electron chi connectivity index (χ2n) is 7.40. The average molecular weight is 439 g/mol. The Hall–Kier alpha value is -3.07. The molecule has 0 heterocycles. The number of carboxylic acids is 1. The number of carboxylic acid groups (broad SMARTS) is 1. The number of amides is 1. The second-order valence-corrected chi connectivity index (χ2v) is 7.40. The summed E-state index contributed by atoms with van der Waals surface area (Å²) < 4.78 is 49.1. The maximum Gasteiger partial charge on any atom is 0.416 e. The number of hydrogen-bond donors (Lipinski definition) is 2. The van der Waals surface area contributed by atoms with Crippen molar-refractivity contribution in [2.24, 2.45) is 0 Å². The fourth-order valence-electron chi connectivity index (χ4n) is 2.77. The van der Waals surface area contributed by atoms with Gasteiger partial charge < -0.3 is 19.9 Å². The van der Waals surface area contributed by atoms with Crippen LogP contribution in [0.1, 0.15) is 30.5 Å². The normalized spacial score (nSPS) is 12.8. The quantitative estimate of drug-likeness (QED) is 0.621. The van der Waals surface area contributed by atoms with Crippen LogP contribution in [0.2, 0.25) is 0 Å². The molecule has 0 bridgehead atoms. The molecule has 9 heteroatoms. The zero-order chi connectivity index (χ0) is 23.2. The predicted molar refractivity (Wildman–Crippen MR) is 107 cm³/mol. The van der Waals surface area contributed by atoms with Gasteiger partial charge in [-0.3, -0.25) is 4.79 Å². The van der Waals surface area contributed by atoms with E-state index in [1.807, 2.05) is 0 Å². The van der Waals surface area contributed by atoms with Crippen LogP contribution in [0.15, 0.2) is 48.5 Å². The van der Waals surface area contributed by atoms with Crippen molar-refractivity contribution in [3.8, 4) is 5.75 Å². The standard InChI is InChI=1S/C22H24F3NO5/c1-21(2,20(29)26-13-15-5-4-6-16(11-15)22(23,24)25)31-17-9-7-14(8-10-17)12-18(30-3)19(27)28/h4-11,18H,12-13H2,1-3H3,(H,26,29)(H,27,28)/t18-/m0/s1. The van der Waals surface area contributed by atoms with Crippen molar-refractivity contribution in [2.75, 3.05) is 7.11 Å². The zero-order valence-electron chi connectivity index (χ0n) is 17.3. The van der Waals surface area contributed by atoms with Gasteiger partial charge in [0.25, 0.3) is 5.91 Å². The molecule has 0 aromatic heterocycles. The van der Waals surface area contributed by atoms with E-state index in [0.717, 1.165) is 12.1 Å². The molecule has 2 N–H and O–H groups in total. The summed E-state index contributed by atoms with van der Waals surface area (Å²) in [6.07, 6.45) is -5.25. The van der Waals surface area contributed by atoms with Gasteiger partial charge in [0, 0.05) is 20.1 Å².